The third-order valence-electron chi connectivity index (χ3n) is 5.40. The summed E-state index contributed by atoms with van der Waals surface area (Å²) in [6, 6.07) is 3.03. The summed E-state index contributed by atoms with van der Waals surface area (Å²) in [5.74, 6) is -1.39. The number of urea groups is 1. The third kappa shape index (κ3) is 4.46. The molecule has 0 bridgehead atoms. The third-order valence-corrected chi connectivity index (χ3v) is 5.40. The van der Waals surface area contributed by atoms with Gasteiger partial charge >= 0.3 is 12.0 Å². The molecule has 1 aliphatic carbocycles. The van der Waals surface area contributed by atoms with Crippen LogP contribution in [-0.2, 0) is 9.53 Å². The second kappa shape index (κ2) is 8.50. The molecule has 2 aliphatic rings. The number of nitrogen functional groups attached to an aromatic ring is 1. The number of amides is 2. The summed E-state index contributed by atoms with van der Waals surface area (Å²) in [5.41, 5.74) is 6.48. The predicted octanol–water partition coefficient (Wildman–Crippen LogP) is 3.76. The maximum atomic E-state index is 13.9. The lowest BCUT2D eigenvalue weighted by Crippen LogP contribution is -2.45. The molecule has 27 heavy (non-hydrogen) atoms. The van der Waals surface area contributed by atoms with Crippen LogP contribution in [0, 0.1) is 17.7 Å². The highest BCUT2D eigenvalue weighted by Crippen LogP contribution is 2.31. The number of anilines is 1. The number of nitrogens with two attached hydrogens (primary N) is 1. The normalized spacial score (nSPS) is 23.5. The number of carbonyl (C=O) groups excluding carboxylic acids is 2. The second-order valence-electron chi connectivity index (χ2n) is 7.28. The molecule has 7 heteroatoms. The van der Waals surface area contributed by atoms with Gasteiger partial charge in [0.1, 0.15) is 11.7 Å². The van der Waals surface area contributed by atoms with Crippen molar-refractivity contribution in [2.45, 2.75) is 51.5 Å². The van der Waals surface area contributed by atoms with Gasteiger partial charge in [0.2, 0.25) is 0 Å². The minimum absolute atomic E-state index is 0.0155. The van der Waals surface area contributed by atoms with Gasteiger partial charge in [0.25, 0.3) is 0 Å². The Balaban J connectivity index is 1.81. The minimum atomic E-state index is -0.765. The number of nitrogens with one attached hydrogen (secondary N) is 1. The van der Waals surface area contributed by atoms with Crippen molar-refractivity contribution < 1.29 is 18.7 Å². The Morgan fingerprint density at radius 1 is 1.33 bits per heavy atom. The number of aliphatic imine (C=N–C) groups is 1. The number of esters is 1. The average Bonchev–Trinajstić information content (AvgIpc) is 2.68. The van der Waals surface area contributed by atoms with Gasteiger partial charge in [-0.3, -0.25) is 4.79 Å². The fourth-order valence-electron chi connectivity index (χ4n) is 3.87. The number of ether oxygens (including phenoxy) is 1. The molecule has 1 aliphatic heterocycles. The summed E-state index contributed by atoms with van der Waals surface area (Å²) < 4.78 is 19.5. The summed E-state index contributed by atoms with van der Waals surface area (Å²) in [6.07, 6.45) is 6.13. The number of nitrogens with zero attached hydrogens (tertiary/aromatic N) is 1. The van der Waals surface area contributed by atoms with Crippen molar-refractivity contribution in [2.24, 2.45) is 16.8 Å². The SMILES string of the molecule is CCC1=NC(=O)NC(c2ccc(N)c(F)c2)C1C(=O)OCC1CCCCC1. The van der Waals surface area contributed by atoms with Gasteiger partial charge in [-0.1, -0.05) is 32.3 Å². The molecule has 6 nitrogen and oxygen atoms in total. The van der Waals surface area contributed by atoms with E-state index in [4.69, 9.17) is 10.5 Å². The summed E-state index contributed by atoms with van der Waals surface area (Å²) in [5, 5.41) is 2.68. The van der Waals surface area contributed by atoms with Crippen LogP contribution >= 0.6 is 0 Å². The molecule has 1 fully saturated rings. The van der Waals surface area contributed by atoms with Crippen LogP contribution in [0.3, 0.4) is 0 Å². The topological polar surface area (TPSA) is 93.8 Å². The lowest BCUT2D eigenvalue weighted by atomic mass is 9.86. The highest BCUT2D eigenvalue weighted by Gasteiger charge is 2.39. The highest BCUT2D eigenvalue weighted by molar-refractivity contribution is 6.09. The van der Waals surface area contributed by atoms with Gasteiger partial charge in [-0.25, -0.2) is 14.2 Å². The first-order valence-electron chi connectivity index (χ1n) is 9.59. The fourth-order valence-corrected chi connectivity index (χ4v) is 3.87. The van der Waals surface area contributed by atoms with E-state index in [-0.39, 0.29) is 5.69 Å². The fraction of sp³-hybridized carbons (Fsp3) is 0.550. The Morgan fingerprint density at radius 3 is 2.74 bits per heavy atom. The molecule has 3 N–H and O–H groups in total. The van der Waals surface area contributed by atoms with Crippen LogP contribution in [0.1, 0.15) is 57.1 Å². The van der Waals surface area contributed by atoms with Crippen LogP contribution in [0.2, 0.25) is 0 Å². The lowest BCUT2D eigenvalue weighted by molar-refractivity contribution is -0.148. The largest absolute Gasteiger partial charge is 0.465 e. The number of halogens is 1. The monoisotopic (exact) mass is 375 g/mol. The Kier molecular flexibility index (Phi) is 6.08. The molecule has 1 heterocycles. The standard InChI is InChI=1S/C20H26FN3O3/c1-2-16-17(19(25)27-11-12-6-4-3-5-7-12)18(24-20(26)23-16)13-8-9-15(22)14(21)10-13/h8-10,12,17-18H,2-7,11,22H2,1H3,(H,24,26). The molecule has 3 rings (SSSR count). The Bertz CT molecular complexity index is 744. The van der Waals surface area contributed by atoms with Crippen molar-refractivity contribution in [3.8, 4) is 0 Å². The van der Waals surface area contributed by atoms with Crippen molar-refractivity contribution in [1.82, 2.24) is 5.32 Å². The van der Waals surface area contributed by atoms with E-state index < -0.39 is 29.8 Å². The van der Waals surface area contributed by atoms with E-state index in [1.165, 1.54) is 18.6 Å². The van der Waals surface area contributed by atoms with Crippen LogP contribution in [0.15, 0.2) is 23.2 Å². The van der Waals surface area contributed by atoms with Crippen molar-refractivity contribution in [1.29, 1.82) is 0 Å². The summed E-state index contributed by atoms with van der Waals surface area (Å²) in [4.78, 5) is 28.8. The predicted molar refractivity (Wildman–Crippen MR) is 101 cm³/mol. The summed E-state index contributed by atoms with van der Waals surface area (Å²) in [7, 11) is 0. The smallest absolute Gasteiger partial charge is 0.341 e. The van der Waals surface area contributed by atoms with Gasteiger partial charge < -0.3 is 15.8 Å². The van der Waals surface area contributed by atoms with Crippen LogP contribution in [0.5, 0.6) is 0 Å². The molecular formula is C20H26FN3O3. The maximum Gasteiger partial charge on any atom is 0.341 e. The molecule has 0 spiro atoms. The molecule has 1 saturated carbocycles. The van der Waals surface area contributed by atoms with E-state index in [2.05, 4.69) is 10.3 Å². The first-order valence-corrected chi connectivity index (χ1v) is 9.59. The molecule has 0 radical (unpaired) electrons. The molecule has 2 atom stereocenters. The van der Waals surface area contributed by atoms with Gasteiger partial charge in [0.15, 0.2) is 0 Å². The van der Waals surface area contributed by atoms with Crippen molar-refractivity contribution in [2.75, 3.05) is 12.3 Å². The van der Waals surface area contributed by atoms with Crippen LogP contribution in [0.4, 0.5) is 14.9 Å². The summed E-state index contributed by atoms with van der Waals surface area (Å²) >= 11 is 0. The molecule has 0 aromatic heterocycles. The van der Waals surface area contributed by atoms with Crippen molar-refractivity contribution in [3.63, 3.8) is 0 Å². The van der Waals surface area contributed by atoms with E-state index >= 15 is 0 Å². The van der Waals surface area contributed by atoms with Gasteiger partial charge in [-0.05, 0) is 42.9 Å². The molecule has 2 amide bonds. The first kappa shape index (κ1) is 19.3. The zero-order valence-corrected chi connectivity index (χ0v) is 15.5. The maximum absolute atomic E-state index is 13.9. The molecule has 0 saturated heterocycles. The van der Waals surface area contributed by atoms with Crippen molar-refractivity contribution >= 4 is 23.4 Å². The molecule has 2 unspecified atom stereocenters. The lowest BCUT2D eigenvalue weighted by Gasteiger charge is -2.31. The van der Waals surface area contributed by atoms with E-state index in [0.717, 1.165) is 25.7 Å². The molecular weight excluding hydrogens is 349 g/mol. The number of carbonyl (C=O) groups is 2. The van der Waals surface area contributed by atoms with Gasteiger partial charge in [-0.2, -0.15) is 0 Å². The van der Waals surface area contributed by atoms with Crippen LogP contribution < -0.4 is 11.1 Å². The Hall–Kier alpha value is -2.44. The Morgan fingerprint density at radius 2 is 2.07 bits per heavy atom. The molecule has 1 aromatic rings. The van der Waals surface area contributed by atoms with Crippen LogP contribution in [-0.4, -0.2) is 24.3 Å². The number of rotatable bonds is 5. The first-order chi connectivity index (χ1) is 13.0. The second-order valence-corrected chi connectivity index (χ2v) is 7.28. The van der Waals surface area contributed by atoms with E-state index in [1.54, 1.807) is 6.07 Å². The summed E-state index contributed by atoms with van der Waals surface area (Å²) in [6.45, 7) is 2.21. The quantitative estimate of drug-likeness (QED) is 0.605. The minimum Gasteiger partial charge on any atom is -0.465 e. The number of hydrogen-bond donors (Lipinski definition) is 2. The highest BCUT2D eigenvalue weighted by atomic mass is 19.1. The average molecular weight is 375 g/mol. The van der Waals surface area contributed by atoms with Gasteiger partial charge in [0, 0.05) is 5.71 Å². The number of hydrogen-bond acceptors (Lipinski definition) is 4. The van der Waals surface area contributed by atoms with Gasteiger partial charge in [0.05, 0.1) is 18.3 Å². The van der Waals surface area contributed by atoms with Crippen LogP contribution in [0.25, 0.3) is 0 Å². The van der Waals surface area contributed by atoms with Crippen molar-refractivity contribution in [3.05, 3.63) is 29.6 Å². The van der Waals surface area contributed by atoms with E-state index in [9.17, 15) is 14.0 Å². The molecule has 1 aromatic carbocycles. The Labute approximate surface area is 158 Å². The van der Waals surface area contributed by atoms with E-state index in [0.29, 0.717) is 30.2 Å². The number of benzene rings is 1. The zero-order valence-electron chi connectivity index (χ0n) is 15.5. The van der Waals surface area contributed by atoms with E-state index in [1.807, 2.05) is 6.92 Å². The zero-order chi connectivity index (χ0) is 19.4. The van der Waals surface area contributed by atoms with Gasteiger partial charge in [-0.15, -0.1) is 0 Å². The molecule has 146 valence electrons.